The number of carboxylic acid groups (broad SMARTS) is 3. The molecule has 0 saturated carbocycles. The Morgan fingerprint density at radius 3 is 1.36 bits per heavy atom. The van der Waals surface area contributed by atoms with Crippen LogP contribution in [-0.2, 0) is 14.4 Å². The summed E-state index contributed by atoms with van der Waals surface area (Å²) in [5, 5.41) is 39.6. The summed E-state index contributed by atoms with van der Waals surface area (Å²) >= 11 is 0. The third-order valence-electron chi connectivity index (χ3n) is 13.2. The number of aliphatic carboxylic acids is 3. The Bertz CT molecular complexity index is 2950. The highest BCUT2D eigenvalue weighted by Crippen LogP contribution is 2.57. The molecule has 0 aromatic heterocycles. The van der Waals surface area contributed by atoms with Crippen LogP contribution in [0.5, 0.6) is 46.0 Å². The van der Waals surface area contributed by atoms with Gasteiger partial charge in [-0.15, -0.1) is 0 Å². The molecule has 0 radical (unpaired) electrons. The lowest BCUT2D eigenvalue weighted by atomic mass is 9.79. The Hall–Kier alpha value is -7.91. The quantitative estimate of drug-likeness (QED) is 0.0811. The maximum Gasteiger partial charge on any atom is 0.341 e. The first-order valence-corrected chi connectivity index (χ1v) is 22.3. The van der Waals surface area contributed by atoms with Crippen molar-refractivity contribution in [2.24, 2.45) is 11.8 Å². The largest absolute Gasteiger partial charge is 0.497 e. The third kappa shape index (κ3) is 8.88. The summed E-state index contributed by atoms with van der Waals surface area (Å²) in [6.07, 6.45) is 0. The molecule has 15 heteroatoms. The van der Waals surface area contributed by atoms with E-state index < -0.39 is 54.1 Å². The second kappa shape index (κ2) is 19.4. The van der Waals surface area contributed by atoms with Gasteiger partial charge in [-0.2, -0.15) is 0 Å². The third-order valence-corrected chi connectivity index (χ3v) is 13.2. The number of hydrogen-bond donors (Lipinski definition) is 4. The van der Waals surface area contributed by atoms with Crippen molar-refractivity contribution >= 4 is 17.9 Å². The second-order valence-electron chi connectivity index (χ2n) is 17.2. The van der Waals surface area contributed by atoms with E-state index in [0.29, 0.717) is 45.8 Å². The van der Waals surface area contributed by atoms with Gasteiger partial charge in [-0.3, -0.25) is 9.59 Å². The topological polar surface area (TPSA) is 206 Å². The zero-order chi connectivity index (χ0) is 48.5. The van der Waals surface area contributed by atoms with E-state index in [-0.39, 0.29) is 38.5 Å². The second-order valence-corrected chi connectivity index (χ2v) is 17.2. The molecule has 0 fully saturated rings. The van der Waals surface area contributed by atoms with Gasteiger partial charge in [-0.25, -0.2) is 4.79 Å². The van der Waals surface area contributed by atoms with Crippen molar-refractivity contribution in [2.45, 2.75) is 37.5 Å². The van der Waals surface area contributed by atoms with Crippen LogP contribution in [0.3, 0.4) is 0 Å². The van der Waals surface area contributed by atoms with Gasteiger partial charge in [0.25, 0.3) is 0 Å². The minimum absolute atomic E-state index is 0.0941. The molecule has 4 N–H and O–H groups in total. The van der Waals surface area contributed by atoms with Crippen molar-refractivity contribution in [1.82, 2.24) is 0 Å². The molecule has 69 heavy (non-hydrogen) atoms. The molecular weight excluding hydrogens is 889 g/mol. The average molecular weight is 939 g/mol. The van der Waals surface area contributed by atoms with Crippen LogP contribution in [0.25, 0.3) is 0 Å². The fourth-order valence-electron chi connectivity index (χ4n) is 10.3. The molecule has 0 spiro atoms. The molecule has 0 saturated heterocycles. The SMILES string of the molecule is COc1ccc(C2c3cc(C)ccc3C(c3ccc4c(c3)OCO4)C2C(=O)O)c(OCC(=O)O)c1.COc1ccc(C2c3cc(C)ccc3C(c3ccc4c(c3)OCO4)C2C(=O)O)c(OCCO)c1. The molecule has 2 aliphatic carbocycles. The van der Waals surface area contributed by atoms with Crippen molar-refractivity contribution < 1.29 is 72.7 Å². The van der Waals surface area contributed by atoms with Crippen LogP contribution in [0.15, 0.2) is 109 Å². The number of hydrogen-bond acceptors (Lipinski definition) is 12. The van der Waals surface area contributed by atoms with E-state index in [9.17, 15) is 34.8 Å². The highest BCUT2D eigenvalue weighted by Gasteiger charge is 2.49. The molecule has 0 bridgehead atoms. The van der Waals surface area contributed by atoms with Gasteiger partial charge >= 0.3 is 17.9 Å². The normalized spacial score (nSPS) is 20.0. The maximum absolute atomic E-state index is 12.8. The number of aliphatic hydroxyl groups excluding tert-OH is 1. The predicted molar refractivity (Wildman–Crippen MR) is 249 cm³/mol. The van der Waals surface area contributed by atoms with E-state index in [1.54, 1.807) is 37.4 Å². The standard InChI is InChI=1S/C27H24O8.C27H26O7/c1-14-3-6-17-19(9-14)25(18-7-5-16(32-2)11-21(18)33-12-23(28)29)26(27(30)31)24(17)15-4-8-20-22(10-15)35-13-34-20;1-15-3-6-18-20(11-15)25(19-7-5-17(31-2)13-22(19)32-10-9-28)26(27(29)30)24(18)16-4-8-21-23(12-16)34-14-33-21/h3-11,24-26H,12-13H2,1-2H3,(H,28,29)(H,30,31);3-8,11-13,24-26,28H,9-10,14H2,1-2H3,(H,29,30). The lowest BCUT2D eigenvalue weighted by Crippen LogP contribution is -2.24. The first kappa shape index (κ1) is 46.2. The highest BCUT2D eigenvalue weighted by molar-refractivity contribution is 5.80. The van der Waals surface area contributed by atoms with E-state index in [0.717, 1.165) is 50.1 Å². The highest BCUT2D eigenvalue weighted by atomic mass is 16.7. The summed E-state index contributed by atoms with van der Waals surface area (Å²) in [6.45, 7) is 3.62. The van der Waals surface area contributed by atoms with Gasteiger partial charge < -0.3 is 58.3 Å². The Kier molecular flexibility index (Phi) is 13.0. The molecule has 6 atom stereocenters. The van der Waals surface area contributed by atoms with Gasteiger partial charge in [0, 0.05) is 46.9 Å². The molecule has 2 aliphatic heterocycles. The predicted octanol–water partition coefficient (Wildman–Crippen LogP) is 8.26. The molecule has 356 valence electrons. The molecule has 10 rings (SSSR count). The van der Waals surface area contributed by atoms with E-state index in [1.165, 1.54) is 7.11 Å². The first-order chi connectivity index (χ1) is 33.4. The molecule has 6 aromatic rings. The van der Waals surface area contributed by atoms with Crippen LogP contribution in [-0.4, -0.2) is 86.0 Å². The van der Waals surface area contributed by atoms with Crippen LogP contribution in [0, 0.1) is 25.7 Å². The number of aryl methyl sites for hydroxylation is 2. The Morgan fingerprint density at radius 1 is 0.507 bits per heavy atom. The summed E-state index contributed by atoms with van der Waals surface area (Å²) in [7, 11) is 3.06. The zero-order valence-electron chi connectivity index (χ0n) is 38.2. The smallest absolute Gasteiger partial charge is 0.341 e. The van der Waals surface area contributed by atoms with Crippen LogP contribution < -0.4 is 37.9 Å². The lowest BCUT2D eigenvalue weighted by molar-refractivity contribution is -0.143. The molecule has 6 unspecified atom stereocenters. The van der Waals surface area contributed by atoms with Crippen LogP contribution in [0.4, 0.5) is 0 Å². The van der Waals surface area contributed by atoms with Crippen molar-refractivity contribution in [2.75, 3.05) is 47.6 Å². The van der Waals surface area contributed by atoms with E-state index in [1.807, 2.05) is 86.6 Å². The summed E-state index contributed by atoms with van der Waals surface area (Å²) in [5.41, 5.74) is 8.71. The fraction of sp³-hybridized carbons (Fsp3) is 0.278. The van der Waals surface area contributed by atoms with E-state index in [4.69, 9.17) is 37.9 Å². The van der Waals surface area contributed by atoms with Gasteiger partial charge in [0.05, 0.1) is 32.7 Å². The minimum Gasteiger partial charge on any atom is -0.497 e. The molecule has 2 heterocycles. The fourth-order valence-corrected chi connectivity index (χ4v) is 10.3. The van der Waals surface area contributed by atoms with Crippen LogP contribution in [0.1, 0.15) is 79.3 Å². The maximum atomic E-state index is 12.8. The number of methoxy groups -OCH3 is 2. The van der Waals surface area contributed by atoms with Gasteiger partial charge in [-0.1, -0.05) is 71.8 Å². The molecular formula is C54H50O15. The number of benzene rings is 6. The number of ether oxygens (including phenoxy) is 8. The Labute approximate surface area is 397 Å². The average Bonchev–Trinajstić information content (AvgIpc) is 4.15. The van der Waals surface area contributed by atoms with Crippen LogP contribution in [0.2, 0.25) is 0 Å². The summed E-state index contributed by atoms with van der Waals surface area (Å²) in [6, 6.07) is 33.7. The number of carbonyl (C=O) groups is 3. The van der Waals surface area contributed by atoms with E-state index >= 15 is 0 Å². The van der Waals surface area contributed by atoms with E-state index in [2.05, 4.69) is 6.07 Å². The minimum atomic E-state index is -1.13. The van der Waals surface area contributed by atoms with Crippen LogP contribution >= 0.6 is 0 Å². The Morgan fingerprint density at radius 2 is 0.942 bits per heavy atom. The summed E-state index contributed by atoms with van der Waals surface area (Å²) < 4.78 is 44.2. The van der Waals surface area contributed by atoms with Crippen molar-refractivity contribution in [3.05, 3.63) is 165 Å². The lowest BCUT2D eigenvalue weighted by Gasteiger charge is -2.25. The summed E-state index contributed by atoms with van der Waals surface area (Å²) in [5.74, 6) is -2.18. The Balaban J connectivity index is 0.000000172. The van der Waals surface area contributed by atoms with Gasteiger partial charge in [0.15, 0.2) is 29.6 Å². The van der Waals surface area contributed by atoms with Crippen molar-refractivity contribution in [1.29, 1.82) is 0 Å². The molecule has 4 aliphatic rings. The molecule has 6 aromatic carbocycles. The first-order valence-electron chi connectivity index (χ1n) is 22.3. The van der Waals surface area contributed by atoms with Gasteiger partial charge in [0.2, 0.25) is 13.6 Å². The summed E-state index contributed by atoms with van der Waals surface area (Å²) in [4.78, 5) is 36.9. The molecule has 15 nitrogen and oxygen atoms in total. The zero-order valence-corrected chi connectivity index (χ0v) is 38.2. The molecule has 0 amide bonds. The van der Waals surface area contributed by atoms with Crippen molar-refractivity contribution in [3.8, 4) is 46.0 Å². The van der Waals surface area contributed by atoms with Crippen molar-refractivity contribution in [3.63, 3.8) is 0 Å². The number of rotatable bonds is 14. The number of fused-ring (bicyclic) bond motifs is 4. The monoisotopic (exact) mass is 938 g/mol. The van der Waals surface area contributed by atoms with Gasteiger partial charge in [0.1, 0.15) is 29.6 Å². The van der Waals surface area contributed by atoms with Gasteiger partial charge in [-0.05, 0) is 83.6 Å². The number of aliphatic hydroxyl groups is 1. The number of carboxylic acids is 3.